The van der Waals surface area contributed by atoms with Gasteiger partial charge in [-0.25, -0.2) is 4.98 Å². The lowest BCUT2D eigenvalue weighted by Gasteiger charge is -2.21. The Balaban J connectivity index is 2.20. The molecule has 96 valence electrons. The van der Waals surface area contributed by atoms with Gasteiger partial charge in [0.05, 0.1) is 18.2 Å². The first kappa shape index (κ1) is 12.7. The van der Waals surface area contributed by atoms with Crippen molar-refractivity contribution in [3.63, 3.8) is 0 Å². The zero-order valence-corrected chi connectivity index (χ0v) is 10.9. The van der Waals surface area contributed by atoms with Crippen LogP contribution in [0.25, 0.3) is 11.0 Å². The van der Waals surface area contributed by atoms with E-state index in [1.165, 1.54) is 0 Å². The van der Waals surface area contributed by atoms with E-state index in [0.29, 0.717) is 18.5 Å². The molecule has 18 heavy (non-hydrogen) atoms. The second-order valence-corrected chi connectivity index (χ2v) is 4.57. The third-order valence-electron chi connectivity index (χ3n) is 2.83. The Bertz CT molecular complexity index is 515. The molecule has 1 atom stereocenters. The molecule has 1 aromatic heterocycles. The van der Waals surface area contributed by atoms with Crippen LogP contribution in [-0.4, -0.2) is 34.9 Å². The molecule has 1 unspecified atom stereocenters. The zero-order chi connectivity index (χ0) is 13.0. The van der Waals surface area contributed by atoms with E-state index >= 15 is 0 Å². The van der Waals surface area contributed by atoms with Crippen LogP contribution in [0, 0.1) is 5.92 Å². The highest BCUT2D eigenvalue weighted by atomic mass is 16.5. The fraction of sp³-hybridized carbons (Fsp3) is 0.462. The van der Waals surface area contributed by atoms with Crippen molar-refractivity contribution in [3.8, 4) is 0 Å². The molecular weight excluding hydrogens is 228 g/mol. The lowest BCUT2D eigenvalue weighted by atomic mass is 10.1. The van der Waals surface area contributed by atoms with E-state index in [-0.39, 0.29) is 6.04 Å². The van der Waals surface area contributed by atoms with Crippen molar-refractivity contribution in [2.45, 2.75) is 19.9 Å². The molecule has 0 amide bonds. The van der Waals surface area contributed by atoms with Crippen LogP contribution in [0.5, 0.6) is 0 Å². The SMILES string of the molecule is COCC(Nc1nnc2ccccc2n1)C(C)C. The van der Waals surface area contributed by atoms with Gasteiger partial charge in [0, 0.05) is 7.11 Å². The fourth-order valence-electron chi connectivity index (χ4n) is 1.69. The summed E-state index contributed by atoms with van der Waals surface area (Å²) < 4.78 is 5.19. The third-order valence-corrected chi connectivity index (χ3v) is 2.83. The number of nitrogens with zero attached hydrogens (tertiary/aromatic N) is 3. The maximum Gasteiger partial charge on any atom is 0.243 e. The van der Waals surface area contributed by atoms with Crippen molar-refractivity contribution < 1.29 is 4.74 Å². The van der Waals surface area contributed by atoms with Crippen LogP contribution in [-0.2, 0) is 4.74 Å². The van der Waals surface area contributed by atoms with Crippen LogP contribution in [0.4, 0.5) is 5.95 Å². The first-order chi connectivity index (χ1) is 8.70. The molecule has 0 bridgehead atoms. The Morgan fingerprint density at radius 2 is 1.89 bits per heavy atom. The van der Waals surface area contributed by atoms with E-state index in [0.717, 1.165) is 11.0 Å². The van der Waals surface area contributed by atoms with Gasteiger partial charge in [-0.15, -0.1) is 10.2 Å². The van der Waals surface area contributed by atoms with Crippen molar-refractivity contribution in [1.82, 2.24) is 15.2 Å². The van der Waals surface area contributed by atoms with E-state index in [1.54, 1.807) is 7.11 Å². The van der Waals surface area contributed by atoms with Gasteiger partial charge in [0.25, 0.3) is 0 Å². The normalized spacial score (nSPS) is 12.9. The second kappa shape index (κ2) is 5.73. The van der Waals surface area contributed by atoms with Crippen molar-refractivity contribution in [2.75, 3.05) is 19.0 Å². The van der Waals surface area contributed by atoms with E-state index in [9.17, 15) is 0 Å². The number of benzene rings is 1. The Morgan fingerprint density at radius 1 is 1.17 bits per heavy atom. The van der Waals surface area contributed by atoms with Gasteiger partial charge in [-0.05, 0) is 18.1 Å². The Hall–Kier alpha value is -1.75. The van der Waals surface area contributed by atoms with Crippen LogP contribution in [0.3, 0.4) is 0 Å². The highest BCUT2D eigenvalue weighted by Gasteiger charge is 2.14. The van der Waals surface area contributed by atoms with Gasteiger partial charge in [0.15, 0.2) is 0 Å². The molecule has 0 spiro atoms. The smallest absolute Gasteiger partial charge is 0.243 e. The van der Waals surface area contributed by atoms with Gasteiger partial charge >= 0.3 is 0 Å². The summed E-state index contributed by atoms with van der Waals surface area (Å²) in [6.07, 6.45) is 0. The van der Waals surface area contributed by atoms with Crippen LogP contribution in [0.1, 0.15) is 13.8 Å². The van der Waals surface area contributed by atoms with Gasteiger partial charge in [0.2, 0.25) is 5.95 Å². The molecule has 1 aromatic carbocycles. The summed E-state index contributed by atoms with van der Waals surface area (Å²) in [5, 5.41) is 11.5. The molecule has 0 aliphatic rings. The number of hydrogen-bond donors (Lipinski definition) is 1. The number of anilines is 1. The lowest BCUT2D eigenvalue weighted by Crippen LogP contribution is -2.31. The van der Waals surface area contributed by atoms with Gasteiger partial charge in [-0.2, -0.15) is 0 Å². The zero-order valence-electron chi connectivity index (χ0n) is 10.9. The number of ether oxygens (including phenoxy) is 1. The quantitative estimate of drug-likeness (QED) is 0.875. The number of aromatic nitrogens is 3. The largest absolute Gasteiger partial charge is 0.383 e. The number of para-hydroxylation sites is 1. The summed E-state index contributed by atoms with van der Waals surface area (Å²) in [7, 11) is 1.69. The van der Waals surface area contributed by atoms with E-state index in [4.69, 9.17) is 4.74 Å². The summed E-state index contributed by atoms with van der Waals surface area (Å²) in [6, 6.07) is 7.87. The first-order valence-corrected chi connectivity index (χ1v) is 6.05. The van der Waals surface area contributed by atoms with E-state index < -0.39 is 0 Å². The lowest BCUT2D eigenvalue weighted by molar-refractivity contribution is 0.171. The molecule has 0 fully saturated rings. The third kappa shape index (κ3) is 2.92. The van der Waals surface area contributed by atoms with Crippen LogP contribution in [0.15, 0.2) is 24.3 Å². The summed E-state index contributed by atoms with van der Waals surface area (Å²) >= 11 is 0. The van der Waals surface area contributed by atoms with Crippen LogP contribution in [0.2, 0.25) is 0 Å². The van der Waals surface area contributed by atoms with Crippen molar-refractivity contribution in [2.24, 2.45) is 5.92 Å². The van der Waals surface area contributed by atoms with Gasteiger partial charge in [-0.1, -0.05) is 26.0 Å². The molecule has 5 heteroatoms. The van der Waals surface area contributed by atoms with Crippen molar-refractivity contribution >= 4 is 17.0 Å². The molecule has 0 aliphatic carbocycles. The Labute approximate surface area is 107 Å². The molecule has 0 radical (unpaired) electrons. The minimum atomic E-state index is 0.179. The summed E-state index contributed by atoms with van der Waals surface area (Å²) in [5.41, 5.74) is 1.64. The number of hydrogen-bond acceptors (Lipinski definition) is 5. The molecule has 2 aromatic rings. The molecule has 0 saturated heterocycles. The second-order valence-electron chi connectivity index (χ2n) is 4.57. The van der Waals surface area contributed by atoms with Gasteiger partial charge in [0.1, 0.15) is 5.52 Å². The molecule has 2 rings (SSSR count). The highest BCUT2D eigenvalue weighted by molar-refractivity contribution is 5.74. The minimum Gasteiger partial charge on any atom is -0.383 e. The van der Waals surface area contributed by atoms with E-state index in [1.807, 2.05) is 24.3 Å². The molecule has 0 saturated carbocycles. The maximum atomic E-state index is 5.19. The average Bonchev–Trinajstić information content (AvgIpc) is 2.38. The Morgan fingerprint density at radius 3 is 2.56 bits per heavy atom. The average molecular weight is 246 g/mol. The predicted octanol–water partition coefficient (Wildman–Crippen LogP) is 2.11. The maximum absolute atomic E-state index is 5.19. The topological polar surface area (TPSA) is 59.9 Å². The Kier molecular flexibility index (Phi) is 4.04. The molecule has 5 nitrogen and oxygen atoms in total. The highest BCUT2D eigenvalue weighted by Crippen LogP contribution is 2.12. The summed E-state index contributed by atoms with van der Waals surface area (Å²) in [5.74, 6) is 0.976. The number of rotatable bonds is 5. The van der Waals surface area contributed by atoms with E-state index in [2.05, 4.69) is 34.3 Å². The fourth-order valence-corrected chi connectivity index (χ4v) is 1.69. The summed E-state index contributed by atoms with van der Waals surface area (Å²) in [6.45, 7) is 4.88. The monoisotopic (exact) mass is 246 g/mol. The van der Waals surface area contributed by atoms with Crippen molar-refractivity contribution in [1.29, 1.82) is 0 Å². The standard InChI is InChI=1S/C13H18N4O/c1-9(2)12(8-18-3)15-13-14-10-6-4-5-7-11(10)16-17-13/h4-7,9,12H,8H2,1-3H3,(H,14,15,17). The first-order valence-electron chi connectivity index (χ1n) is 6.05. The van der Waals surface area contributed by atoms with Gasteiger partial charge < -0.3 is 10.1 Å². The molecular formula is C13H18N4O. The predicted molar refractivity (Wildman–Crippen MR) is 71.5 cm³/mol. The summed E-state index contributed by atoms with van der Waals surface area (Å²) in [4.78, 5) is 4.44. The van der Waals surface area contributed by atoms with Crippen molar-refractivity contribution in [3.05, 3.63) is 24.3 Å². The van der Waals surface area contributed by atoms with Gasteiger partial charge in [-0.3, -0.25) is 0 Å². The van der Waals surface area contributed by atoms with Crippen LogP contribution >= 0.6 is 0 Å². The molecule has 0 aliphatic heterocycles. The molecule has 1 N–H and O–H groups in total. The number of nitrogens with one attached hydrogen (secondary N) is 1. The minimum absolute atomic E-state index is 0.179. The number of fused-ring (bicyclic) bond motifs is 1. The number of methoxy groups -OCH3 is 1. The molecule has 1 heterocycles. The van der Waals surface area contributed by atoms with Crippen LogP contribution < -0.4 is 5.32 Å².